The maximum atomic E-state index is 12.9. The largest absolute Gasteiger partial charge is 0.456 e. The smallest absolute Gasteiger partial charge is 0.306 e. The highest BCUT2D eigenvalue weighted by atomic mass is 16.5. The monoisotopic (exact) mass is 380 g/mol. The summed E-state index contributed by atoms with van der Waals surface area (Å²) in [5.41, 5.74) is 1.10. The van der Waals surface area contributed by atoms with Gasteiger partial charge in [0, 0.05) is 0 Å². The Balaban J connectivity index is 1.67. The minimum atomic E-state index is -1.09. The number of amides is 2. The molecule has 0 saturated heterocycles. The minimum Gasteiger partial charge on any atom is -0.456 e. The summed E-state index contributed by atoms with van der Waals surface area (Å²) in [7, 11) is 0. The Morgan fingerprint density at radius 2 is 1.71 bits per heavy atom. The number of rotatable bonds is 5. The van der Waals surface area contributed by atoms with Crippen LogP contribution < -0.4 is 10.2 Å². The van der Waals surface area contributed by atoms with Gasteiger partial charge in [0.1, 0.15) is 5.54 Å². The number of nitrogens with one attached hydrogen (secondary N) is 1. The number of carbonyl (C=O) groups is 3. The molecule has 6 heteroatoms. The van der Waals surface area contributed by atoms with Crippen molar-refractivity contribution in [3.05, 3.63) is 60.2 Å². The molecule has 1 heterocycles. The zero-order valence-corrected chi connectivity index (χ0v) is 16.3. The molecule has 2 amide bonds. The lowest BCUT2D eigenvalue weighted by Crippen LogP contribution is -2.59. The molecule has 0 aliphatic carbocycles. The topological polar surface area (TPSA) is 75.7 Å². The van der Waals surface area contributed by atoms with Crippen molar-refractivity contribution in [3.8, 4) is 0 Å². The third kappa shape index (κ3) is 3.91. The third-order valence-electron chi connectivity index (χ3n) is 4.96. The van der Waals surface area contributed by atoms with Gasteiger partial charge in [0.2, 0.25) is 5.91 Å². The summed E-state index contributed by atoms with van der Waals surface area (Å²) in [6.45, 7) is 4.85. The molecule has 0 bridgehead atoms. The molecule has 0 spiro atoms. The second-order valence-corrected chi connectivity index (χ2v) is 7.44. The van der Waals surface area contributed by atoms with Gasteiger partial charge in [-0.3, -0.25) is 19.3 Å². The fraction of sp³-hybridized carbons (Fsp3) is 0.318. The molecule has 2 aromatic carbocycles. The van der Waals surface area contributed by atoms with E-state index in [9.17, 15) is 14.4 Å². The quantitative estimate of drug-likeness (QED) is 0.806. The van der Waals surface area contributed by atoms with Crippen LogP contribution in [0.3, 0.4) is 0 Å². The summed E-state index contributed by atoms with van der Waals surface area (Å²) in [4.78, 5) is 38.9. The summed E-state index contributed by atoms with van der Waals surface area (Å²) in [6.07, 6.45) is 0.178. The lowest BCUT2D eigenvalue weighted by atomic mass is 9.96. The highest BCUT2D eigenvalue weighted by Crippen LogP contribution is 2.36. The van der Waals surface area contributed by atoms with Gasteiger partial charge in [-0.1, -0.05) is 49.4 Å². The summed E-state index contributed by atoms with van der Waals surface area (Å²) in [5.74, 6) is -1.18. The number of anilines is 2. The van der Waals surface area contributed by atoms with E-state index in [-0.39, 0.29) is 18.2 Å². The Kier molecular flexibility index (Phi) is 5.49. The molecule has 0 aromatic heterocycles. The Labute approximate surface area is 164 Å². The van der Waals surface area contributed by atoms with Crippen molar-refractivity contribution < 1.29 is 19.1 Å². The number of nitrogens with zero attached hydrogens (tertiary/aromatic N) is 1. The standard InChI is InChI=1S/C22H24N2O4/c1-15(16-9-5-4-6-10-16)13-20(26)28-14-19(25)24-18-12-8-7-11-17(18)23-21(27)22(24,2)3/h4-12,15H,13-14H2,1-3H3,(H,23,27)/t15-/m1/s1. The van der Waals surface area contributed by atoms with Crippen molar-refractivity contribution in [1.29, 1.82) is 0 Å². The van der Waals surface area contributed by atoms with Gasteiger partial charge in [0.15, 0.2) is 6.61 Å². The van der Waals surface area contributed by atoms with Crippen LogP contribution in [-0.4, -0.2) is 29.9 Å². The second-order valence-electron chi connectivity index (χ2n) is 7.44. The van der Waals surface area contributed by atoms with Gasteiger partial charge in [0.25, 0.3) is 5.91 Å². The van der Waals surface area contributed by atoms with Gasteiger partial charge in [-0.15, -0.1) is 0 Å². The van der Waals surface area contributed by atoms with E-state index in [1.165, 1.54) is 4.90 Å². The van der Waals surface area contributed by atoms with Crippen LogP contribution >= 0.6 is 0 Å². The van der Waals surface area contributed by atoms with Crippen molar-refractivity contribution in [1.82, 2.24) is 0 Å². The number of carbonyl (C=O) groups excluding carboxylic acids is 3. The molecule has 1 aliphatic heterocycles. The first-order valence-corrected chi connectivity index (χ1v) is 9.25. The first-order chi connectivity index (χ1) is 13.3. The zero-order valence-electron chi connectivity index (χ0n) is 16.3. The fourth-order valence-corrected chi connectivity index (χ4v) is 3.31. The molecule has 0 saturated carbocycles. The molecule has 28 heavy (non-hydrogen) atoms. The van der Waals surface area contributed by atoms with Crippen LogP contribution in [0.25, 0.3) is 0 Å². The summed E-state index contributed by atoms with van der Waals surface area (Å²) >= 11 is 0. The summed E-state index contributed by atoms with van der Waals surface area (Å²) < 4.78 is 5.23. The molecule has 2 aromatic rings. The van der Waals surface area contributed by atoms with Gasteiger partial charge in [-0.25, -0.2) is 0 Å². The molecular formula is C22H24N2O4. The minimum absolute atomic E-state index is 0.0123. The average molecular weight is 380 g/mol. The van der Waals surface area contributed by atoms with E-state index in [0.717, 1.165) is 5.56 Å². The Hall–Kier alpha value is -3.15. The second kappa shape index (κ2) is 7.84. The molecule has 0 unspecified atom stereocenters. The van der Waals surface area contributed by atoms with Crippen LogP contribution in [0.2, 0.25) is 0 Å². The van der Waals surface area contributed by atoms with Crippen LogP contribution in [0.15, 0.2) is 54.6 Å². The normalized spacial score (nSPS) is 16.0. The lowest BCUT2D eigenvalue weighted by molar-refractivity contribution is -0.148. The highest BCUT2D eigenvalue weighted by molar-refractivity contribution is 6.14. The third-order valence-corrected chi connectivity index (χ3v) is 4.96. The van der Waals surface area contributed by atoms with E-state index >= 15 is 0 Å². The number of hydrogen-bond acceptors (Lipinski definition) is 4. The molecule has 3 rings (SSSR count). The number of para-hydroxylation sites is 2. The van der Waals surface area contributed by atoms with Gasteiger partial charge >= 0.3 is 5.97 Å². The first-order valence-electron chi connectivity index (χ1n) is 9.25. The van der Waals surface area contributed by atoms with Gasteiger partial charge in [0.05, 0.1) is 17.8 Å². The van der Waals surface area contributed by atoms with E-state index in [1.807, 2.05) is 37.3 Å². The summed E-state index contributed by atoms with van der Waals surface area (Å²) in [6, 6.07) is 16.7. The van der Waals surface area contributed by atoms with Crippen LogP contribution in [0, 0.1) is 0 Å². The molecule has 146 valence electrons. The predicted octanol–water partition coefficient (Wildman–Crippen LogP) is 3.49. The van der Waals surface area contributed by atoms with Gasteiger partial charge in [-0.2, -0.15) is 0 Å². The van der Waals surface area contributed by atoms with Crippen molar-refractivity contribution >= 4 is 29.2 Å². The Bertz CT molecular complexity index is 892. The number of fused-ring (bicyclic) bond motifs is 1. The molecule has 0 radical (unpaired) electrons. The van der Waals surface area contributed by atoms with Crippen LogP contribution in [-0.2, 0) is 19.1 Å². The lowest BCUT2D eigenvalue weighted by Gasteiger charge is -2.41. The fourth-order valence-electron chi connectivity index (χ4n) is 3.31. The summed E-state index contributed by atoms with van der Waals surface area (Å²) in [5, 5.41) is 2.80. The van der Waals surface area contributed by atoms with Gasteiger partial charge in [-0.05, 0) is 37.5 Å². The van der Waals surface area contributed by atoms with Crippen molar-refractivity contribution in [2.75, 3.05) is 16.8 Å². The van der Waals surface area contributed by atoms with E-state index in [4.69, 9.17) is 4.74 Å². The Morgan fingerprint density at radius 1 is 1.07 bits per heavy atom. The van der Waals surface area contributed by atoms with Crippen molar-refractivity contribution in [2.45, 2.75) is 38.6 Å². The average Bonchev–Trinajstić information content (AvgIpc) is 2.67. The molecule has 0 fully saturated rings. The maximum Gasteiger partial charge on any atom is 0.306 e. The molecule has 6 nitrogen and oxygen atoms in total. The number of ether oxygens (including phenoxy) is 1. The van der Waals surface area contributed by atoms with E-state index in [1.54, 1.807) is 38.1 Å². The van der Waals surface area contributed by atoms with Crippen LogP contribution in [0.1, 0.15) is 38.7 Å². The van der Waals surface area contributed by atoms with E-state index in [2.05, 4.69) is 5.32 Å². The van der Waals surface area contributed by atoms with Crippen molar-refractivity contribution in [3.63, 3.8) is 0 Å². The van der Waals surface area contributed by atoms with E-state index < -0.39 is 24.0 Å². The van der Waals surface area contributed by atoms with E-state index in [0.29, 0.717) is 11.4 Å². The van der Waals surface area contributed by atoms with Crippen molar-refractivity contribution in [2.24, 2.45) is 0 Å². The molecule has 1 atom stereocenters. The number of benzene rings is 2. The SMILES string of the molecule is C[C@H](CC(=O)OCC(=O)N1c2ccccc2NC(=O)C1(C)C)c1ccccc1. The van der Waals surface area contributed by atoms with Gasteiger partial charge < -0.3 is 10.1 Å². The maximum absolute atomic E-state index is 12.9. The van der Waals surface area contributed by atoms with Crippen LogP contribution in [0.4, 0.5) is 11.4 Å². The molecule has 1 N–H and O–H groups in total. The predicted molar refractivity (Wildman–Crippen MR) is 107 cm³/mol. The number of esters is 1. The zero-order chi connectivity index (χ0) is 20.3. The number of hydrogen-bond donors (Lipinski definition) is 1. The molecule has 1 aliphatic rings. The Morgan fingerprint density at radius 3 is 2.43 bits per heavy atom. The highest BCUT2D eigenvalue weighted by Gasteiger charge is 2.43. The molecular weight excluding hydrogens is 356 g/mol. The first kappa shape index (κ1) is 19.6. The van der Waals surface area contributed by atoms with Crippen LogP contribution in [0.5, 0.6) is 0 Å².